The van der Waals surface area contributed by atoms with Crippen LogP contribution in [0, 0.1) is 0 Å². The summed E-state index contributed by atoms with van der Waals surface area (Å²) >= 11 is 13.8. The molecule has 0 radical (unpaired) electrons. The molecule has 2 aromatic heterocycles. The summed E-state index contributed by atoms with van der Waals surface area (Å²) < 4.78 is 20.2. The van der Waals surface area contributed by atoms with Gasteiger partial charge in [0.25, 0.3) is 5.91 Å². The number of amides is 1. The van der Waals surface area contributed by atoms with Crippen LogP contribution >= 0.6 is 38.9 Å². The molecule has 44 heavy (non-hydrogen) atoms. The molecular weight excluding hydrogens is 638 g/mol. The van der Waals surface area contributed by atoms with Gasteiger partial charge in [0.2, 0.25) is 0 Å². The monoisotopic (exact) mass is 676 g/mol. The number of halogens is 3. The molecule has 0 aliphatic carbocycles. The fourth-order valence-corrected chi connectivity index (χ4v) is 4.45. The zero-order valence-electron chi connectivity index (χ0n) is 26.0. The van der Waals surface area contributed by atoms with E-state index in [0.29, 0.717) is 18.5 Å². The van der Waals surface area contributed by atoms with Crippen molar-refractivity contribution < 1.29 is 18.2 Å². The van der Waals surface area contributed by atoms with E-state index in [9.17, 15) is 9.36 Å². The first kappa shape index (κ1) is 35.7. The molecule has 1 aliphatic heterocycles. The number of rotatable bonds is 5. The predicted octanol–water partition coefficient (Wildman–Crippen LogP) is 10.3. The molecule has 0 saturated heterocycles. The van der Waals surface area contributed by atoms with Crippen LogP contribution in [0.15, 0.2) is 93.1 Å². The average Bonchev–Trinajstić information content (AvgIpc) is 3.64. The van der Waals surface area contributed by atoms with E-state index in [-0.39, 0.29) is 16.7 Å². The fourth-order valence-electron chi connectivity index (χ4n) is 4.45. The zero-order valence-corrected chi connectivity index (χ0v) is 29.2. The molecule has 236 valence electrons. The van der Waals surface area contributed by atoms with Crippen LogP contribution in [0.1, 0.15) is 85.7 Å². The van der Waals surface area contributed by atoms with Gasteiger partial charge in [-0.05, 0) is 86.0 Å². The van der Waals surface area contributed by atoms with E-state index in [4.69, 9.17) is 8.83 Å². The summed E-state index contributed by atoms with van der Waals surface area (Å²) in [6.07, 6.45) is 5.02. The highest BCUT2D eigenvalue weighted by Crippen LogP contribution is 2.61. The van der Waals surface area contributed by atoms with Crippen molar-refractivity contribution in [1.29, 1.82) is 0 Å². The Morgan fingerprint density at radius 3 is 1.93 bits per heavy atom. The first-order chi connectivity index (χ1) is 20.5. The molecule has 0 saturated carbocycles. The number of furan rings is 2. The van der Waals surface area contributed by atoms with Crippen LogP contribution in [0.3, 0.4) is 0 Å². The number of hydrogen-bond donors (Lipinski definition) is 1. The molecule has 3 heterocycles. The van der Waals surface area contributed by atoms with E-state index in [1.807, 2.05) is 42.5 Å². The van der Waals surface area contributed by atoms with Crippen molar-refractivity contribution in [2.75, 3.05) is 13.1 Å². The van der Waals surface area contributed by atoms with Gasteiger partial charge in [0, 0.05) is 42.6 Å². The Balaban J connectivity index is 0.000000209. The Kier molecular flexibility index (Phi) is 12.6. The minimum absolute atomic E-state index is 0.0444. The van der Waals surface area contributed by atoms with Crippen LogP contribution in [0.2, 0.25) is 0 Å². The highest BCUT2D eigenvalue weighted by molar-refractivity contribution is 8.24. The van der Waals surface area contributed by atoms with Crippen molar-refractivity contribution >= 4 is 50.5 Å². The Hall–Kier alpha value is -2.76. The molecule has 0 atom stereocenters. The third kappa shape index (κ3) is 11.6. The van der Waals surface area contributed by atoms with Crippen LogP contribution in [0.4, 0.5) is 0 Å². The molecule has 2 aromatic carbocycles. The Labute approximate surface area is 274 Å². The Morgan fingerprint density at radius 2 is 1.41 bits per heavy atom. The molecule has 6 nitrogen and oxygen atoms in total. The molecule has 1 amide bonds. The fraction of sp³-hybridized carbons (Fsp3) is 0.353. The number of hydrogen-bond acceptors (Lipinski definition) is 5. The van der Waals surface area contributed by atoms with Gasteiger partial charge < -0.3 is 14.2 Å². The molecule has 0 fully saturated rings. The molecular formula is C34H40Cl3N2O4P. The maximum atomic E-state index is 12.0. The average molecular weight is 678 g/mol. The predicted molar refractivity (Wildman–Crippen MR) is 183 cm³/mol. The Morgan fingerprint density at radius 1 is 0.841 bits per heavy atom. The summed E-state index contributed by atoms with van der Waals surface area (Å²) in [5, 5.41) is -0.326. The lowest BCUT2D eigenvalue weighted by molar-refractivity contribution is 0.0953. The first-order valence-electron chi connectivity index (χ1n) is 14.3. The number of benzene rings is 2. The van der Waals surface area contributed by atoms with Crippen molar-refractivity contribution in [2.24, 2.45) is 4.99 Å². The summed E-state index contributed by atoms with van der Waals surface area (Å²) in [7, 11) is 0. The van der Waals surface area contributed by atoms with Crippen molar-refractivity contribution in [2.45, 2.75) is 65.2 Å². The smallest absolute Gasteiger partial charge is 0.339 e. The lowest BCUT2D eigenvalue weighted by atomic mass is 9.86. The quantitative estimate of drug-likeness (QED) is 0.213. The third-order valence-corrected chi connectivity index (χ3v) is 6.88. The van der Waals surface area contributed by atoms with Crippen molar-refractivity contribution in [3.63, 3.8) is 0 Å². The van der Waals surface area contributed by atoms with E-state index >= 15 is 0 Å². The molecule has 1 aliphatic rings. The summed E-state index contributed by atoms with van der Waals surface area (Å²) in [6, 6.07) is 22.3. The second-order valence-corrected chi connectivity index (χ2v) is 19.0. The molecule has 0 bridgehead atoms. The van der Waals surface area contributed by atoms with Gasteiger partial charge in [0.15, 0.2) is 0 Å². The molecule has 0 unspecified atom stereocenters. The normalized spacial score (nSPS) is 13.0. The number of aliphatic imine (C=N–C) groups is 1. The van der Waals surface area contributed by atoms with Crippen LogP contribution in [0.25, 0.3) is 0 Å². The third-order valence-electron chi connectivity index (χ3n) is 6.88. The highest BCUT2D eigenvalue weighted by Gasteiger charge is 2.19. The maximum Gasteiger partial charge on any atom is 0.339 e. The van der Waals surface area contributed by atoms with E-state index in [0.717, 1.165) is 35.8 Å². The van der Waals surface area contributed by atoms with E-state index in [2.05, 4.69) is 110 Å². The largest absolute Gasteiger partial charge is 0.469 e. The Bertz CT molecular complexity index is 1550. The van der Waals surface area contributed by atoms with Crippen molar-refractivity contribution in [3.05, 3.63) is 119 Å². The molecule has 10 heteroatoms. The van der Waals surface area contributed by atoms with Gasteiger partial charge in [-0.25, -0.2) is 0 Å². The zero-order chi connectivity index (χ0) is 32.5. The molecule has 4 aromatic rings. The second-order valence-electron chi connectivity index (χ2n) is 12.4. The van der Waals surface area contributed by atoms with Gasteiger partial charge in [-0.15, -0.1) is 0 Å². The SMILES string of the molecule is CC(C)(C)c1ccc(C(=O)NCCc2ccco2)cc1.CC(C)(C)c1ccc(C2=NCCc3occc32)cc1.O=P(Cl)(Cl)Cl. The van der Waals surface area contributed by atoms with Gasteiger partial charge in [-0.3, -0.25) is 14.4 Å². The van der Waals surface area contributed by atoms with Crippen molar-refractivity contribution in [3.8, 4) is 0 Å². The second kappa shape index (κ2) is 15.5. The van der Waals surface area contributed by atoms with Crippen molar-refractivity contribution in [1.82, 2.24) is 5.32 Å². The van der Waals surface area contributed by atoms with E-state index in [1.165, 1.54) is 16.7 Å². The summed E-state index contributed by atoms with van der Waals surface area (Å²) in [4.78, 5) is 16.7. The number of nitrogens with one attached hydrogen (secondary N) is 1. The minimum Gasteiger partial charge on any atom is -0.469 e. The van der Waals surface area contributed by atoms with Gasteiger partial charge in [-0.1, -0.05) is 77.9 Å². The molecule has 5 rings (SSSR count). The van der Waals surface area contributed by atoms with Crippen LogP contribution in [0.5, 0.6) is 0 Å². The van der Waals surface area contributed by atoms with Gasteiger partial charge in [-0.2, -0.15) is 0 Å². The number of fused-ring (bicyclic) bond motifs is 1. The summed E-state index contributed by atoms with van der Waals surface area (Å²) in [6.45, 7) is 14.6. The van der Waals surface area contributed by atoms with Gasteiger partial charge in [0.05, 0.1) is 18.2 Å². The van der Waals surface area contributed by atoms with Crippen LogP contribution in [-0.2, 0) is 28.2 Å². The lowest BCUT2D eigenvalue weighted by Gasteiger charge is -2.19. The van der Waals surface area contributed by atoms with Crippen LogP contribution in [-0.4, -0.2) is 24.7 Å². The van der Waals surface area contributed by atoms with Crippen LogP contribution < -0.4 is 5.32 Å². The summed E-state index contributed by atoms with van der Waals surface area (Å²) in [5.41, 5.74) is 6.95. The van der Waals surface area contributed by atoms with E-state index in [1.54, 1.807) is 12.5 Å². The standard InChI is InChI=1S/C17H21NO2.C17H19NO.Cl3OP/c1-17(2,3)14-8-6-13(7-9-14)16(19)18-11-10-15-5-4-12-20-15;1-17(2,3)13-6-4-12(5-7-13)16-14-9-11-19-15(14)8-10-18-16;1-5(2,3)4/h4-9,12H,10-11H2,1-3H3,(H,18,19);4-7,9,11H,8,10H2,1-3H3;. The molecule has 0 spiro atoms. The first-order valence-corrected chi connectivity index (χ1v) is 18.8. The number of carbonyl (C=O) groups excluding carboxylic acids is 1. The van der Waals surface area contributed by atoms with Gasteiger partial charge >= 0.3 is 5.20 Å². The molecule has 1 N–H and O–H groups in total. The topological polar surface area (TPSA) is 84.8 Å². The van der Waals surface area contributed by atoms with E-state index < -0.39 is 5.20 Å². The van der Waals surface area contributed by atoms with Gasteiger partial charge in [0.1, 0.15) is 11.5 Å². The highest BCUT2D eigenvalue weighted by atomic mass is 36.0. The lowest BCUT2D eigenvalue weighted by Crippen LogP contribution is -2.25. The maximum absolute atomic E-state index is 12.0. The number of nitrogens with zero attached hydrogens (tertiary/aromatic N) is 1. The summed E-state index contributed by atoms with van der Waals surface area (Å²) in [5.74, 6) is 1.90. The minimum atomic E-state index is -3.22. The number of carbonyl (C=O) groups is 1.